The van der Waals surface area contributed by atoms with Gasteiger partial charge in [-0.2, -0.15) is 0 Å². The number of carbonyl (C=O) groups is 3. The first kappa shape index (κ1) is 57.9. The summed E-state index contributed by atoms with van der Waals surface area (Å²) >= 11 is 0. The summed E-state index contributed by atoms with van der Waals surface area (Å²) in [6.45, 7) is 6.57. The first-order valence-corrected chi connectivity index (χ1v) is 26.3. The Labute approximate surface area is 373 Å². The highest BCUT2D eigenvalue weighted by Gasteiger charge is 2.19. The number of rotatable bonds is 48. The highest BCUT2D eigenvalue weighted by atomic mass is 16.6. The van der Waals surface area contributed by atoms with Crippen LogP contribution in [0.15, 0.2) is 24.3 Å². The van der Waals surface area contributed by atoms with Crippen molar-refractivity contribution in [2.24, 2.45) is 0 Å². The van der Waals surface area contributed by atoms with E-state index in [1.807, 2.05) is 0 Å². The van der Waals surface area contributed by atoms with E-state index in [0.29, 0.717) is 19.3 Å². The summed E-state index contributed by atoms with van der Waals surface area (Å²) in [5.41, 5.74) is 0. The van der Waals surface area contributed by atoms with Crippen molar-refractivity contribution < 1.29 is 28.6 Å². The Morgan fingerprint density at radius 3 is 0.983 bits per heavy atom. The molecule has 0 aliphatic carbocycles. The fourth-order valence-corrected chi connectivity index (χ4v) is 7.72. The minimum Gasteiger partial charge on any atom is -0.462 e. The maximum atomic E-state index is 12.7. The topological polar surface area (TPSA) is 78.9 Å². The molecule has 1 unspecified atom stereocenters. The van der Waals surface area contributed by atoms with E-state index in [2.05, 4.69) is 45.1 Å². The Hall–Kier alpha value is -2.11. The van der Waals surface area contributed by atoms with Gasteiger partial charge in [-0.1, -0.05) is 244 Å². The molecule has 6 nitrogen and oxygen atoms in total. The van der Waals surface area contributed by atoms with Crippen molar-refractivity contribution in [2.75, 3.05) is 13.2 Å². The molecule has 0 N–H and O–H groups in total. The molecule has 0 aromatic carbocycles. The smallest absolute Gasteiger partial charge is 0.306 e. The van der Waals surface area contributed by atoms with Gasteiger partial charge in [0.1, 0.15) is 13.2 Å². The second-order valence-corrected chi connectivity index (χ2v) is 17.8. The predicted octanol–water partition coefficient (Wildman–Crippen LogP) is 17.2. The summed E-state index contributed by atoms with van der Waals surface area (Å²) in [5.74, 6) is -0.876. The van der Waals surface area contributed by atoms with E-state index in [0.717, 1.165) is 89.9 Å². The SMILES string of the molecule is CCC/C=C\C/C=C\CCCCCCCC(=O)OC(COC(=O)CCCCCCCCCCC)COC(=O)CCCCCCCCCCCCCCCCCCCCCC. The van der Waals surface area contributed by atoms with Gasteiger partial charge in [0, 0.05) is 19.3 Å². The summed E-state index contributed by atoms with van der Waals surface area (Å²) in [5, 5.41) is 0. The lowest BCUT2D eigenvalue weighted by atomic mass is 10.0. The standard InChI is InChI=1S/C54H100O6/c1-4-7-10-13-16-19-21-23-24-25-26-27-28-29-31-32-35-38-41-44-47-53(56)59-50-51(49-58-52(55)46-43-40-37-34-18-15-12-9-6-3)60-54(57)48-45-42-39-36-33-30-22-20-17-14-11-8-5-2/h11,14,20,22,51H,4-10,12-13,15-19,21,23-50H2,1-3H3/b14-11-,22-20-. The van der Waals surface area contributed by atoms with Gasteiger partial charge in [-0.05, 0) is 44.9 Å². The van der Waals surface area contributed by atoms with Crippen molar-refractivity contribution in [3.05, 3.63) is 24.3 Å². The van der Waals surface area contributed by atoms with E-state index in [1.54, 1.807) is 0 Å². The highest BCUT2D eigenvalue weighted by molar-refractivity contribution is 5.71. The monoisotopic (exact) mass is 845 g/mol. The number of hydrogen-bond acceptors (Lipinski definition) is 6. The lowest BCUT2D eigenvalue weighted by Gasteiger charge is -2.18. The largest absolute Gasteiger partial charge is 0.462 e. The van der Waals surface area contributed by atoms with Crippen LogP contribution in [0.2, 0.25) is 0 Å². The predicted molar refractivity (Wildman–Crippen MR) is 256 cm³/mol. The Morgan fingerprint density at radius 2 is 0.633 bits per heavy atom. The maximum absolute atomic E-state index is 12.7. The van der Waals surface area contributed by atoms with E-state index < -0.39 is 6.10 Å². The van der Waals surface area contributed by atoms with E-state index in [1.165, 1.54) is 154 Å². The minimum absolute atomic E-state index is 0.0724. The highest BCUT2D eigenvalue weighted by Crippen LogP contribution is 2.16. The Balaban J connectivity index is 4.22. The summed E-state index contributed by atoms with van der Waals surface area (Å²) < 4.78 is 16.8. The maximum Gasteiger partial charge on any atom is 0.306 e. The first-order valence-electron chi connectivity index (χ1n) is 26.3. The van der Waals surface area contributed by atoms with Crippen molar-refractivity contribution in [1.29, 1.82) is 0 Å². The van der Waals surface area contributed by atoms with Crippen LogP contribution in [0.1, 0.15) is 284 Å². The molecule has 0 saturated heterocycles. The average Bonchev–Trinajstić information content (AvgIpc) is 3.24. The van der Waals surface area contributed by atoms with E-state index >= 15 is 0 Å². The molecule has 0 bridgehead atoms. The molecule has 1 atom stereocenters. The van der Waals surface area contributed by atoms with Crippen LogP contribution >= 0.6 is 0 Å². The molecular formula is C54H100O6. The zero-order chi connectivity index (χ0) is 43.7. The Morgan fingerprint density at radius 1 is 0.333 bits per heavy atom. The fraction of sp³-hybridized carbons (Fsp3) is 0.870. The van der Waals surface area contributed by atoms with Crippen LogP contribution in [0, 0.1) is 0 Å². The van der Waals surface area contributed by atoms with Gasteiger partial charge in [0.25, 0.3) is 0 Å². The summed E-state index contributed by atoms with van der Waals surface area (Å²) in [7, 11) is 0. The lowest BCUT2D eigenvalue weighted by Crippen LogP contribution is -2.30. The number of ether oxygens (including phenoxy) is 3. The zero-order valence-corrected chi connectivity index (χ0v) is 40.2. The second kappa shape index (κ2) is 49.5. The molecular weight excluding hydrogens is 745 g/mol. The molecule has 0 radical (unpaired) electrons. The second-order valence-electron chi connectivity index (χ2n) is 17.8. The molecule has 0 rings (SSSR count). The van der Waals surface area contributed by atoms with Crippen molar-refractivity contribution in [1.82, 2.24) is 0 Å². The van der Waals surface area contributed by atoms with E-state index in [-0.39, 0.29) is 31.1 Å². The Bertz CT molecular complexity index is 973. The number of esters is 3. The van der Waals surface area contributed by atoms with Crippen LogP contribution in [0.3, 0.4) is 0 Å². The fourth-order valence-electron chi connectivity index (χ4n) is 7.72. The summed E-state index contributed by atoms with van der Waals surface area (Å²) in [6.07, 6.45) is 56.0. The Kier molecular flexibility index (Phi) is 47.8. The van der Waals surface area contributed by atoms with E-state index in [9.17, 15) is 14.4 Å². The molecule has 0 heterocycles. The molecule has 60 heavy (non-hydrogen) atoms. The molecule has 6 heteroatoms. The molecule has 0 saturated carbocycles. The first-order chi connectivity index (χ1) is 29.5. The number of hydrogen-bond donors (Lipinski definition) is 0. The third-order valence-electron chi connectivity index (χ3n) is 11.7. The average molecular weight is 845 g/mol. The third-order valence-corrected chi connectivity index (χ3v) is 11.7. The van der Waals surface area contributed by atoms with Gasteiger partial charge >= 0.3 is 17.9 Å². The molecule has 0 spiro atoms. The van der Waals surface area contributed by atoms with Crippen molar-refractivity contribution in [3.63, 3.8) is 0 Å². The van der Waals surface area contributed by atoms with E-state index in [4.69, 9.17) is 14.2 Å². The normalized spacial score (nSPS) is 12.1. The number of allylic oxidation sites excluding steroid dienone is 4. The zero-order valence-electron chi connectivity index (χ0n) is 40.2. The molecule has 0 aromatic heterocycles. The van der Waals surface area contributed by atoms with Gasteiger partial charge in [-0.25, -0.2) is 0 Å². The van der Waals surface area contributed by atoms with Gasteiger partial charge in [-0.15, -0.1) is 0 Å². The molecule has 0 fully saturated rings. The van der Waals surface area contributed by atoms with Crippen molar-refractivity contribution in [2.45, 2.75) is 290 Å². The van der Waals surface area contributed by atoms with Crippen LogP contribution in [-0.2, 0) is 28.6 Å². The van der Waals surface area contributed by atoms with Crippen molar-refractivity contribution in [3.8, 4) is 0 Å². The minimum atomic E-state index is -0.771. The lowest BCUT2D eigenvalue weighted by molar-refractivity contribution is -0.167. The van der Waals surface area contributed by atoms with Crippen LogP contribution in [0.4, 0.5) is 0 Å². The van der Waals surface area contributed by atoms with Crippen molar-refractivity contribution >= 4 is 17.9 Å². The van der Waals surface area contributed by atoms with Gasteiger partial charge in [0.15, 0.2) is 6.10 Å². The van der Waals surface area contributed by atoms with Gasteiger partial charge < -0.3 is 14.2 Å². The van der Waals surface area contributed by atoms with Crippen LogP contribution in [-0.4, -0.2) is 37.2 Å². The molecule has 0 amide bonds. The summed E-state index contributed by atoms with van der Waals surface area (Å²) in [4.78, 5) is 37.9. The third kappa shape index (κ3) is 46.9. The van der Waals surface area contributed by atoms with Gasteiger partial charge in [-0.3, -0.25) is 14.4 Å². The number of carbonyl (C=O) groups excluding carboxylic acids is 3. The molecule has 352 valence electrons. The summed E-state index contributed by atoms with van der Waals surface area (Å²) in [6, 6.07) is 0. The van der Waals surface area contributed by atoms with Crippen LogP contribution in [0.25, 0.3) is 0 Å². The van der Waals surface area contributed by atoms with Crippen LogP contribution < -0.4 is 0 Å². The molecule has 0 aliphatic rings. The molecule has 0 aromatic rings. The van der Waals surface area contributed by atoms with Gasteiger partial charge in [0.05, 0.1) is 0 Å². The van der Waals surface area contributed by atoms with Gasteiger partial charge in [0.2, 0.25) is 0 Å². The van der Waals surface area contributed by atoms with Crippen LogP contribution in [0.5, 0.6) is 0 Å². The molecule has 0 aliphatic heterocycles. The quantitative estimate of drug-likeness (QED) is 0.0263. The number of unbranched alkanes of at least 4 members (excludes halogenated alkanes) is 33.